The van der Waals surface area contributed by atoms with Crippen molar-refractivity contribution >= 4 is 11.8 Å². The van der Waals surface area contributed by atoms with Gasteiger partial charge in [-0.2, -0.15) is 0 Å². The number of benzene rings is 2. The summed E-state index contributed by atoms with van der Waals surface area (Å²) < 4.78 is 0.876. The lowest BCUT2D eigenvalue weighted by atomic mass is 10.0. The van der Waals surface area contributed by atoms with Crippen molar-refractivity contribution in [2.24, 2.45) is 0 Å². The molecular formula is C21H25N2OS+. The summed E-state index contributed by atoms with van der Waals surface area (Å²) in [5.74, 6) is 0.999. The van der Waals surface area contributed by atoms with E-state index >= 15 is 0 Å². The molecular weight excluding hydrogens is 328 g/mol. The number of thioether (sulfide) groups is 1. The van der Waals surface area contributed by atoms with Crippen molar-refractivity contribution in [3.63, 3.8) is 0 Å². The quantitative estimate of drug-likeness (QED) is 0.508. The summed E-state index contributed by atoms with van der Waals surface area (Å²) in [6.45, 7) is 5.58. The predicted octanol–water partition coefficient (Wildman–Crippen LogP) is 2.77. The molecule has 0 aromatic heterocycles. The monoisotopic (exact) mass is 353 g/mol. The lowest BCUT2D eigenvalue weighted by Gasteiger charge is -2.38. The van der Waals surface area contributed by atoms with Gasteiger partial charge >= 0.3 is 0 Å². The predicted molar refractivity (Wildman–Crippen MR) is 104 cm³/mol. The van der Waals surface area contributed by atoms with Crippen molar-refractivity contribution in [2.45, 2.75) is 23.9 Å². The Labute approximate surface area is 154 Å². The fraction of sp³-hybridized carbons (Fsp3) is 0.333. The van der Waals surface area contributed by atoms with E-state index in [1.54, 1.807) is 0 Å². The van der Waals surface area contributed by atoms with Gasteiger partial charge in [0.05, 0.1) is 11.7 Å². The summed E-state index contributed by atoms with van der Waals surface area (Å²) in [7, 11) is 0. The van der Waals surface area contributed by atoms with Crippen molar-refractivity contribution < 1.29 is 9.55 Å². The third-order valence-electron chi connectivity index (χ3n) is 5.78. The Hall–Kier alpha value is -1.59. The Morgan fingerprint density at radius 1 is 1.12 bits per heavy atom. The zero-order valence-corrected chi connectivity index (χ0v) is 15.2. The van der Waals surface area contributed by atoms with E-state index in [1.165, 1.54) is 11.1 Å². The second kappa shape index (κ2) is 6.96. The van der Waals surface area contributed by atoms with E-state index in [0.29, 0.717) is 22.9 Å². The van der Waals surface area contributed by atoms with Crippen LogP contribution in [-0.2, 0) is 6.42 Å². The molecule has 2 aliphatic rings. The third-order valence-corrected chi connectivity index (χ3v) is 7.35. The molecule has 5 atom stereocenters. The van der Waals surface area contributed by atoms with Gasteiger partial charge in [0.2, 0.25) is 6.17 Å². The van der Waals surface area contributed by atoms with Gasteiger partial charge < -0.3 is 10.3 Å². The summed E-state index contributed by atoms with van der Waals surface area (Å²) >= 11 is 2.01. The molecule has 5 unspecified atom stereocenters. The number of nitrogens with one attached hydrogen (secondary N) is 1. The maximum Gasteiger partial charge on any atom is 0.220 e. The molecule has 2 aromatic rings. The number of quaternary nitrogens is 2. The Balaban J connectivity index is 1.66. The second-order valence-corrected chi connectivity index (χ2v) is 8.24. The summed E-state index contributed by atoms with van der Waals surface area (Å²) in [6.07, 6.45) is 2.91. The van der Waals surface area contributed by atoms with Crippen LogP contribution in [0.25, 0.3) is 0 Å². The van der Waals surface area contributed by atoms with Gasteiger partial charge in [0.25, 0.3) is 0 Å². The Morgan fingerprint density at radius 3 is 2.48 bits per heavy atom. The molecule has 3 nitrogen and oxygen atoms in total. The maximum atomic E-state index is 13.0. The van der Waals surface area contributed by atoms with Crippen LogP contribution in [0, 0.1) is 5.21 Å². The minimum atomic E-state index is 0.0617. The normalized spacial score (nSPS) is 34.0. The van der Waals surface area contributed by atoms with E-state index in [0.717, 1.165) is 23.3 Å². The van der Waals surface area contributed by atoms with Crippen molar-refractivity contribution in [3.05, 3.63) is 89.7 Å². The van der Waals surface area contributed by atoms with E-state index in [2.05, 4.69) is 61.2 Å². The molecule has 2 aromatic carbocycles. The van der Waals surface area contributed by atoms with Crippen molar-refractivity contribution in [1.29, 1.82) is 0 Å². The van der Waals surface area contributed by atoms with E-state index in [1.807, 2.05) is 23.9 Å². The van der Waals surface area contributed by atoms with Crippen LogP contribution in [0.4, 0.5) is 0 Å². The molecule has 2 saturated heterocycles. The highest BCUT2D eigenvalue weighted by atomic mass is 32.2. The molecule has 2 aliphatic heterocycles. The summed E-state index contributed by atoms with van der Waals surface area (Å²) in [5.41, 5.74) is 2.62. The van der Waals surface area contributed by atoms with Crippen LogP contribution in [0.3, 0.4) is 0 Å². The van der Waals surface area contributed by atoms with Gasteiger partial charge in [0.15, 0.2) is 6.04 Å². The molecule has 1 N–H and O–H groups in total. The Bertz CT molecular complexity index is 719. The number of hydroxylamine groups is 2. The zero-order chi connectivity index (χ0) is 17.3. The SMILES string of the molecule is C=CC[N+]12CSC(c3ccccc3)C1C[NH+]([O-])C2Cc1ccccc1. The first-order chi connectivity index (χ1) is 12.2. The van der Waals surface area contributed by atoms with Gasteiger partial charge in [0, 0.05) is 0 Å². The van der Waals surface area contributed by atoms with Gasteiger partial charge in [0.1, 0.15) is 19.0 Å². The third kappa shape index (κ3) is 2.93. The van der Waals surface area contributed by atoms with Gasteiger partial charge in [-0.1, -0.05) is 79.0 Å². The summed E-state index contributed by atoms with van der Waals surface area (Å²) in [4.78, 5) is 0. The van der Waals surface area contributed by atoms with Crippen LogP contribution in [0.2, 0.25) is 0 Å². The molecule has 2 heterocycles. The van der Waals surface area contributed by atoms with Gasteiger partial charge in [-0.15, -0.1) is 0 Å². The molecule has 2 fully saturated rings. The highest BCUT2D eigenvalue weighted by Gasteiger charge is 2.61. The van der Waals surface area contributed by atoms with Crippen LogP contribution >= 0.6 is 11.8 Å². The summed E-state index contributed by atoms with van der Waals surface area (Å²) in [6, 6.07) is 21.5. The van der Waals surface area contributed by atoms with Crippen LogP contribution in [0.15, 0.2) is 73.3 Å². The smallest absolute Gasteiger partial charge is 0.220 e. The molecule has 130 valence electrons. The van der Waals surface area contributed by atoms with E-state index in [9.17, 15) is 5.21 Å². The first-order valence-corrected chi connectivity index (χ1v) is 10.00. The summed E-state index contributed by atoms with van der Waals surface area (Å²) in [5, 5.41) is 13.8. The van der Waals surface area contributed by atoms with Crippen molar-refractivity contribution in [2.75, 3.05) is 19.0 Å². The highest BCUT2D eigenvalue weighted by Crippen LogP contribution is 2.48. The van der Waals surface area contributed by atoms with Gasteiger partial charge in [-0.25, -0.2) is 0 Å². The maximum absolute atomic E-state index is 13.0. The minimum absolute atomic E-state index is 0.0617. The Kier molecular flexibility index (Phi) is 4.69. The van der Waals surface area contributed by atoms with Gasteiger partial charge in [-0.3, -0.25) is 4.48 Å². The first-order valence-electron chi connectivity index (χ1n) is 8.95. The zero-order valence-electron chi connectivity index (χ0n) is 14.4. The van der Waals surface area contributed by atoms with Crippen molar-refractivity contribution in [3.8, 4) is 0 Å². The Morgan fingerprint density at radius 2 is 1.80 bits per heavy atom. The van der Waals surface area contributed by atoms with Crippen LogP contribution in [-0.4, -0.2) is 35.7 Å². The molecule has 0 aliphatic carbocycles. The number of fused-ring (bicyclic) bond motifs is 1. The number of hydrogen-bond acceptors (Lipinski definition) is 2. The lowest BCUT2D eigenvalue weighted by molar-refractivity contribution is -1.05. The number of nitrogens with zero attached hydrogens (tertiary/aromatic N) is 1. The largest absolute Gasteiger partial charge is 0.630 e. The number of hydrogen-bond donors (Lipinski definition) is 1. The molecule has 25 heavy (non-hydrogen) atoms. The minimum Gasteiger partial charge on any atom is -0.630 e. The second-order valence-electron chi connectivity index (χ2n) is 7.14. The standard InChI is InChI=1S/C21H25N2OS/c1-2-13-23-16-25-21(18-11-7-4-8-12-18)19(23)15-22(24)20(23)14-17-9-5-3-6-10-17/h2-12,19-22H,1,13-16H2/q+1. The highest BCUT2D eigenvalue weighted by molar-refractivity contribution is 7.99. The molecule has 0 radical (unpaired) electrons. The van der Waals surface area contributed by atoms with E-state index in [4.69, 9.17) is 0 Å². The topological polar surface area (TPSA) is 27.5 Å². The fourth-order valence-corrected chi connectivity index (χ4v) is 6.41. The van der Waals surface area contributed by atoms with Crippen LogP contribution in [0.1, 0.15) is 16.4 Å². The van der Waals surface area contributed by atoms with Crippen LogP contribution < -0.4 is 5.06 Å². The fourth-order valence-electron chi connectivity index (χ4n) is 4.58. The average molecular weight is 354 g/mol. The van der Waals surface area contributed by atoms with E-state index in [-0.39, 0.29) is 6.17 Å². The van der Waals surface area contributed by atoms with E-state index < -0.39 is 0 Å². The lowest BCUT2D eigenvalue weighted by Crippen LogP contribution is -3.11. The van der Waals surface area contributed by atoms with Gasteiger partial charge in [-0.05, 0) is 17.2 Å². The molecule has 0 spiro atoms. The molecule has 0 saturated carbocycles. The first kappa shape index (κ1) is 16.9. The van der Waals surface area contributed by atoms with Crippen LogP contribution in [0.5, 0.6) is 0 Å². The molecule has 4 rings (SSSR count). The van der Waals surface area contributed by atoms with Crippen molar-refractivity contribution in [1.82, 2.24) is 0 Å². The average Bonchev–Trinajstić information content (AvgIpc) is 3.12. The molecule has 0 bridgehead atoms. The molecule has 0 amide bonds. The molecule has 4 heteroatoms. The number of rotatable bonds is 5.